The van der Waals surface area contributed by atoms with Crippen LogP contribution in [-0.2, 0) is 10.2 Å². The first-order valence-corrected chi connectivity index (χ1v) is 7.86. The summed E-state index contributed by atoms with van der Waals surface area (Å²) in [5.41, 5.74) is 10.7. The standard InChI is InChI=1S/C18H20N4O2/c1-18(2)11-7-13-14(8-12(11)22-17(18)23)21-16(20-13)10-5-4-9(19)6-15(10)24-3/h4-8,16,20-21H,19H2,1-3H3,(H,22,23). The maximum Gasteiger partial charge on any atom is 0.234 e. The van der Waals surface area contributed by atoms with Crippen LogP contribution in [-0.4, -0.2) is 13.0 Å². The Hall–Kier alpha value is -2.89. The van der Waals surface area contributed by atoms with Crippen molar-refractivity contribution in [3.8, 4) is 5.75 Å². The lowest BCUT2D eigenvalue weighted by atomic mass is 9.86. The van der Waals surface area contributed by atoms with E-state index < -0.39 is 5.41 Å². The van der Waals surface area contributed by atoms with Gasteiger partial charge < -0.3 is 26.4 Å². The van der Waals surface area contributed by atoms with Gasteiger partial charge in [-0.15, -0.1) is 0 Å². The van der Waals surface area contributed by atoms with Gasteiger partial charge in [0.05, 0.1) is 23.9 Å². The molecule has 2 aromatic rings. The minimum Gasteiger partial charge on any atom is -0.496 e. The zero-order valence-corrected chi connectivity index (χ0v) is 13.9. The van der Waals surface area contributed by atoms with E-state index in [0.29, 0.717) is 5.69 Å². The topological polar surface area (TPSA) is 88.4 Å². The predicted octanol–water partition coefficient (Wildman–Crippen LogP) is 3.04. The third-order valence-corrected chi connectivity index (χ3v) is 4.82. The van der Waals surface area contributed by atoms with Gasteiger partial charge in [0.25, 0.3) is 0 Å². The zero-order valence-electron chi connectivity index (χ0n) is 13.9. The van der Waals surface area contributed by atoms with Gasteiger partial charge in [-0.2, -0.15) is 0 Å². The molecule has 0 saturated heterocycles. The maximum absolute atomic E-state index is 12.1. The second-order valence-electron chi connectivity index (χ2n) is 6.75. The number of nitrogens with two attached hydrogens (primary N) is 1. The number of methoxy groups -OCH3 is 1. The Labute approximate surface area is 140 Å². The number of ether oxygens (including phenoxy) is 1. The van der Waals surface area contributed by atoms with Gasteiger partial charge in [-0.05, 0) is 43.7 Å². The number of carbonyl (C=O) groups is 1. The van der Waals surface area contributed by atoms with Crippen molar-refractivity contribution in [3.05, 3.63) is 41.5 Å². The number of benzene rings is 2. The molecule has 0 spiro atoms. The second-order valence-corrected chi connectivity index (χ2v) is 6.75. The van der Waals surface area contributed by atoms with Crippen LogP contribution >= 0.6 is 0 Å². The van der Waals surface area contributed by atoms with Crippen LogP contribution in [0.25, 0.3) is 0 Å². The molecule has 5 N–H and O–H groups in total. The first kappa shape index (κ1) is 14.7. The van der Waals surface area contributed by atoms with Crippen LogP contribution in [0, 0.1) is 0 Å². The third-order valence-electron chi connectivity index (χ3n) is 4.82. The monoisotopic (exact) mass is 324 g/mol. The molecule has 2 aromatic carbocycles. The molecule has 0 aliphatic carbocycles. The van der Waals surface area contributed by atoms with Crippen molar-refractivity contribution < 1.29 is 9.53 Å². The molecule has 6 nitrogen and oxygen atoms in total. The van der Waals surface area contributed by atoms with Crippen molar-refractivity contribution in [3.63, 3.8) is 0 Å². The fourth-order valence-corrected chi connectivity index (χ4v) is 3.33. The molecule has 2 aliphatic heterocycles. The average Bonchev–Trinajstić information content (AvgIpc) is 3.04. The van der Waals surface area contributed by atoms with E-state index in [-0.39, 0.29) is 12.1 Å². The van der Waals surface area contributed by atoms with Crippen LogP contribution < -0.4 is 26.4 Å². The summed E-state index contributed by atoms with van der Waals surface area (Å²) < 4.78 is 5.45. The number of nitrogen functional groups attached to an aromatic ring is 1. The molecule has 24 heavy (non-hydrogen) atoms. The number of anilines is 4. The predicted molar refractivity (Wildman–Crippen MR) is 95.5 cm³/mol. The Morgan fingerprint density at radius 3 is 2.50 bits per heavy atom. The van der Waals surface area contributed by atoms with Crippen molar-refractivity contribution in [2.24, 2.45) is 0 Å². The van der Waals surface area contributed by atoms with Crippen molar-refractivity contribution in [1.82, 2.24) is 0 Å². The van der Waals surface area contributed by atoms with E-state index in [1.165, 1.54) is 0 Å². The van der Waals surface area contributed by atoms with Crippen molar-refractivity contribution in [2.45, 2.75) is 25.4 Å². The number of hydrogen-bond acceptors (Lipinski definition) is 5. The Morgan fingerprint density at radius 2 is 1.79 bits per heavy atom. The molecule has 1 amide bonds. The van der Waals surface area contributed by atoms with Crippen molar-refractivity contribution >= 4 is 28.7 Å². The van der Waals surface area contributed by atoms with Crippen LogP contribution in [0.3, 0.4) is 0 Å². The largest absolute Gasteiger partial charge is 0.496 e. The molecule has 0 aromatic heterocycles. The lowest BCUT2D eigenvalue weighted by Gasteiger charge is -2.17. The highest BCUT2D eigenvalue weighted by molar-refractivity contribution is 6.07. The molecule has 1 unspecified atom stereocenters. The summed E-state index contributed by atoms with van der Waals surface area (Å²) in [6.07, 6.45) is -0.114. The van der Waals surface area contributed by atoms with Crippen LogP contribution in [0.4, 0.5) is 22.7 Å². The Bertz CT molecular complexity index is 860. The van der Waals surface area contributed by atoms with Crippen molar-refractivity contribution in [2.75, 3.05) is 28.8 Å². The highest BCUT2D eigenvalue weighted by Crippen LogP contribution is 2.46. The van der Waals surface area contributed by atoms with Crippen LogP contribution in [0.15, 0.2) is 30.3 Å². The first-order chi connectivity index (χ1) is 11.4. The molecule has 6 heteroatoms. The molecule has 2 aliphatic rings. The maximum atomic E-state index is 12.1. The molecule has 1 atom stereocenters. The number of amides is 1. The third kappa shape index (κ3) is 1.99. The van der Waals surface area contributed by atoms with Crippen LogP contribution in [0.1, 0.15) is 31.1 Å². The molecular weight excluding hydrogens is 304 g/mol. The Balaban J connectivity index is 1.70. The summed E-state index contributed by atoms with van der Waals surface area (Å²) in [4.78, 5) is 12.1. The van der Waals surface area contributed by atoms with Gasteiger partial charge >= 0.3 is 0 Å². The molecule has 4 rings (SSSR count). The van der Waals surface area contributed by atoms with E-state index in [0.717, 1.165) is 33.9 Å². The minimum atomic E-state index is -0.525. The molecule has 0 bridgehead atoms. The fourth-order valence-electron chi connectivity index (χ4n) is 3.33. The van der Waals surface area contributed by atoms with Gasteiger partial charge in [0.1, 0.15) is 11.9 Å². The van der Waals surface area contributed by atoms with Gasteiger partial charge in [0.15, 0.2) is 0 Å². The fraction of sp³-hybridized carbons (Fsp3) is 0.278. The molecule has 124 valence electrons. The summed E-state index contributed by atoms with van der Waals surface area (Å²) in [5, 5.41) is 9.84. The molecule has 0 fully saturated rings. The number of carbonyl (C=O) groups excluding carboxylic acids is 1. The Morgan fingerprint density at radius 1 is 1.08 bits per heavy atom. The zero-order chi connectivity index (χ0) is 17.1. The van der Waals surface area contributed by atoms with E-state index in [2.05, 4.69) is 16.0 Å². The number of nitrogens with one attached hydrogen (secondary N) is 3. The van der Waals surface area contributed by atoms with Gasteiger partial charge in [-0.25, -0.2) is 0 Å². The van der Waals surface area contributed by atoms with Gasteiger partial charge in [-0.1, -0.05) is 0 Å². The van der Waals surface area contributed by atoms with E-state index in [4.69, 9.17) is 10.5 Å². The van der Waals surface area contributed by atoms with Crippen LogP contribution in [0.5, 0.6) is 5.75 Å². The molecule has 0 saturated carbocycles. The van der Waals surface area contributed by atoms with E-state index in [1.54, 1.807) is 7.11 Å². The van der Waals surface area contributed by atoms with E-state index in [9.17, 15) is 4.79 Å². The number of hydrogen-bond donors (Lipinski definition) is 4. The lowest BCUT2D eigenvalue weighted by molar-refractivity contribution is -0.119. The van der Waals surface area contributed by atoms with Crippen molar-refractivity contribution in [1.29, 1.82) is 0 Å². The second kappa shape index (κ2) is 4.80. The lowest BCUT2D eigenvalue weighted by Crippen LogP contribution is -2.26. The minimum absolute atomic E-state index is 0.0259. The highest BCUT2D eigenvalue weighted by Gasteiger charge is 2.40. The smallest absolute Gasteiger partial charge is 0.234 e. The SMILES string of the molecule is COc1cc(N)ccc1C1Nc2cc3c(cc2N1)C(C)(C)C(=O)N3. The van der Waals surface area contributed by atoms with Crippen LogP contribution in [0.2, 0.25) is 0 Å². The summed E-state index contributed by atoms with van der Waals surface area (Å²) in [7, 11) is 1.63. The Kier molecular flexibility index (Phi) is 2.94. The number of rotatable bonds is 2. The number of fused-ring (bicyclic) bond motifs is 2. The molecule has 2 heterocycles. The summed E-state index contributed by atoms with van der Waals surface area (Å²) in [6.45, 7) is 3.87. The summed E-state index contributed by atoms with van der Waals surface area (Å²) >= 11 is 0. The van der Waals surface area contributed by atoms with E-state index >= 15 is 0 Å². The normalized spacial score (nSPS) is 19.8. The van der Waals surface area contributed by atoms with Gasteiger partial charge in [0, 0.05) is 23.0 Å². The van der Waals surface area contributed by atoms with Gasteiger partial charge in [-0.3, -0.25) is 4.79 Å². The summed E-state index contributed by atoms with van der Waals surface area (Å²) in [6, 6.07) is 9.63. The van der Waals surface area contributed by atoms with Gasteiger partial charge in [0.2, 0.25) is 5.91 Å². The molecular formula is C18H20N4O2. The highest BCUT2D eigenvalue weighted by atomic mass is 16.5. The van der Waals surface area contributed by atoms with E-state index in [1.807, 2.05) is 44.2 Å². The first-order valence-electron chi connectivity index (χ1n) is 7.86. The average molecular weight is 324 g/mol. The quantitative estimate of drug-likeness (QED) is 0.638. The summed E-state index contributed by atoms with van der Waals surface area (Å²) in [5.74, 6) is 0.756. The molecule has 0 radical (unpaired) electrons.